The molecule has 204 valence electrons. The second-order valence-electron chi connectivity index (χ2n) is 9.48. The van der Waals surface area contributed by atoms with E-state index in [1.165, 1.54) is 0 Å². The van der Waals surface area contributed by atoms with Gasteiger partial charge >= 0.3 is 12.1 Å². The van der Waals surface area contributed by atoms with Crippen molar-refractivity contribution in [2.75, 3.05) is 41.9 Å². The highest BCUT2D eigenvalue weighted by Gasteiger charge is 2.33. The maximum Gasteiger partial charge on any atom is 0.410 e. The predicted octanol–water partition coefficient (Wildman–Crippen LogP) is 3.98. The van der Waals surface area contributed by atoms with Gasteiger partial charge in [-0.05, 0) is 55.8 Å². The molecule has 2 aromatic carbocycles. The molecule has 2 aliphatic heterocycles. The lowest BCUT2D eigenvalue weighted by atomic mass is 10.1. The first-order valence-corrected chi connectivity index (χ1v) is 13.0. The summed E-state index contributed by atoms with van der Waals surface area (Å²) >= 11 is 0. The highest BCUT2D eigenvalue weighted by atomic mass is 16.6. The van der Waals surface area contributed by atoms with E-state index in [0.717, 1.165) is 28.2 Å². The molecule has 0 radical (unpaired) electrons. The van der Waals surface area contributed by atoms with Crippen molar-refractivity contribution in [3.8, 4) is 11.4 Å². The monoisotopic (exact) mass is 532 g/mol. The van der Waals surface area contributed by atoms with Gasteiger partial charge < -0.3 is 30.1 Å². The van der Waals surface area contributed by atoms with E-state index in [1.807, 2.05) is 12.1 Å². The molecular formula is C28H32N6O5. The standard InChI is InChI=1S/C28H32N6O5/c1-3-39-28(37)33-14-23-24(15-33)31-25(32-26(23)34-12-13-38-17-18(34)2)20-6-10-22(11-7-20)30-27(36)29-21-8-4-19(16-35)5-9-21/h4-11,18,35H,3,12-17H2,1-2H3,(H2,29,30,36)/t18-/m0/s1. The normalized spacial score (nSPS) is 16.5. The van der Waals surface area contributed by atoms with E-state index in [9.17, 15) is 9.59 Å². The van der Waals surface area contributed by atoms with Gasteiger partial charge in [-0.3, -0.25) is 4.90 Å². The molecule has 3 amide bonds. The van der Waals surface area contributed by atoms with Crippen LogP contribution in [0.3, 0.4) is 0 Å². The van der Waals surface area contributed by atoms with Crippen molar-refractivity contribution in [2.24, 2.45) is 0 Å². The van der Waals surface area contributed by atoms with Crippen LogP contribution in [0.25, 0.3) is 11.4 Å². The number of anilines is 3. The minimum absolute atomic E-state index is 0.0522. The Bertz CT molecular complexity index is 1330. The van der Waals surface area contributed by atoms with Crippen LogP contribution in [0.2, 0.25) is 0 Å². The van der Waals surface area contributed by atoms with Crippen LogP contribution in [0.5, 0.6) is 0 Å². The van der Waals surface area contributed by atoms with E-state index in [2.05, 4.69) is 22.5 Å². The number of hydrogen-bond acceptors (Lipinski definition) is 8. The lowest BCUT2D eigenvalue weighted by molar-refractivity contribution is 0.0980. The van der Waals surface area contributed by atoms with Crippen molar-refractivity contribution < 1.29 is 24.2 Å². The van der Waals surface area contributed by atoms with Crippen molar-refractivity contribution in [1.82, 2.24) is 14.9 Å². The van der Waals surface area contributed by atoms with Crippen LogP contribution >= 0.6 is 0 Å². The molecule has 11 heteroatoms. The number of nitrogens with zero attached hydrogens (tertiary/aromatic N) is 4. The fourth-order valence-corrected chi connectivity index (χ4v) is 4.68. The number of aliphatic hydroxyl groups is 1. The highest BCUT2D eigenvalue weighted by Crippen LogP contribution is 2.34. The third kappa shape index (κ3) is 5.94. The molecule has 0 bridgehead atoms. The Balaban J connectivity index is 1.36. The van der Waals surface area contributed by atoms with Crippen LogP contribution in [0.15, 0.2) is 48.5 Å². The Morgan fingerprint density at radius 3 is 2.38 bits per heavy atom. The molecule has 1 fully saturated rings. The van der Waals surface area contributed by atoms with E-state index in [4.69, 9.17) is 24.5 Å². The SMILES string of the molecule is CCOC(=O)N1Cc2nc(-c3ccc(NC(=O)Nc4ccc(CO)cc4)cc3)nc(N3CCOC[C@@H]3C)c2C1. The molecule has 3 aromatic rings. The van der Waals surface area contributed by atoms with E-state index >= 15 is 0 Å². The van der Waals surface area contributed by atoms with Gasteiger partial charge in [0, 0.05) is 29.0 Å². The number of aromatic nitrogens is 2. The summed E-state index contributed by atoms with van der Waals surface area (Å²) in [5.74, 6) is 1.36. The topological polar surface area (TPSA) is 129 Å². The molecule has 3 heterocycles. The molecular weight excluding hydrogens is 500 g/mol. The van der Waals surface area contributed by atoms with Crippen molar-refractivity contribution in [3.05, 3.63) is 65.4 Å². The van der Waals surface area contributed by atoms with Gasteiger partial charge in [0.2, 0.25) is 0 Å². The van der Waals surface area contributed by atoms with Gasteiger partial charge in [0.1, 0.15) is 5.82 Å². The first-order valence-electron chi connectivity index (χ1n) is 13.0. The fourth-order valence-electron chi connectivity index (χ4n) is 4.68. The zero-order valence-corrected chi connectivity index (χ0v) is 22.0. The van der Waals surface area contributed by atoms with E-state index in [0.29, 0.717) is 56.7 Å². The Hall–Kier alpha value is -4.22. The summed E-state index contributed by atoms with van der Waals surface area (Å²) in [6, 6.07) is 14.0. The van der Waals surface area contributed by atoms with Crippen LogP contribution in [-0.2, 0) is 29.2 Å². The second-order valence-corrected chi connectivity index (χ2v) is 9.48. The smallest absolute Gasteiger partial charge is 0.410 e. The summed E-state index contributed by atoms with van der Waals surface area (Å²) in [6.07, 6.45) is -0.365. The molecule has 11 nitrogen and oxygen atoms in total. The molecule has 39 heavy (non-hydrogen) atoms. The molecule has 1 atom stereocenters. The number of ether oxygens (including phenoxy) is 2. The number of carbonyl (C=O) groups is 2. The van der Waals surface area contributed by atoms with Crippen molar-refractivity contribution >= 4 is 29.3 Å². The largest absolute Gasteiger partial charge is 0.450 e. The molecule has 0 saturated carbocycles. The van der Waals surface area contributed by atoms with Gasteiger partial charge in [-0.1, -0.05) is 12.1 Å². The van der Waals surface area contributed by atoms with Gasteiger partial charge in [-0.15, -0.1) is 0 Å². The van der Waals surface area contributed by atoms with Gasteiger partial charge in [0.05, 0.1) is 51.3 Å². The molecule has 3 N–H and O–H groups in total. The third-order valence-corrected chi connectivity index (χ3v) is 6.72. The summed E-state index contributed by atoms with van der Waals surface area (Å²) in [4.78, 5) is 38.5. The quantitative estimate of drug-likeness (QED) is 0.435. The van der Waals surface area contributed by atoms with Crippen LogP contribution in [0.1, 0.15) is 30.7 Å². The Morgan fingerprint density at radius 1 is 1.05 bits per heavy atom. The maximum absolute atomic E-state index is 12.5. The van der Waals surface area contributed by atoms with Crippen molar-refractivity contribution in [2.45, 2.75) is 39.6 Å². The number of amides is 3. The Kier molecular flexibility index (Phi) is 7.89. The summed E-state index contributed by atoms with van der Waals surface area (Å²) < 4.78 is 10.9. The van der Waals surface area contributed by atoms with Crippen LogP contribution in [0.4, 0.5) is 26.8 Å². The molecule has 1 saturated heterocycles. The minimum atomic E-state index is -0.379. The van der Waals surface area contributed by atoms with Crippen LogP contribution in [0, 0.1) is 0 Å². The lowest BCUT2D eigenvalue weighted by Gasteiger charge is -2.35. The first kappa shape index (κ1) is 26.4. The fraction of sp³-hybridized carbons (Fsp3) is 0.357. The van der Waals surface area contributed by atoms with Gasteiger partial charge in [0.25, 0.3) is 0 Å². The highest BCUT2D eigenvalue weighted by molar-refractivity contribution is 5.99. The number of hydrogen-bond donors (Lipinski definition) is 3. The summed E-state index contributed by atoms with van der Waals surface area (Å²) in [5.41, 5.74) is 4.53. The van der Waals surface area contributed by atoms with E-state index in [1.54, 1.807) is 48.2 Å². The number of aliphatic hydroxyl groups excluding tert-OH is 1. The van der Waals surface area contributed by atoms with Crippen LogP contribution in [-0.4, -0.2) is 64.5 Å². The van der Waals surface area contributed by atoms with Gasteiger partial charge in [-0.2, -0.15) is 0 Å². The van der Waals surface area contributed by atoms with Gasteiger partial charge in [-0.25, -0.2) is 19.6 Å². The van der Waals surface area contributed by atoms with Gasteiger partial charge in [0.15, 0.2) is 5.82 Å². The summed E-state index contributed by atoms with van der Waals surface area (Å²) in [6.45, 7) is 6.80. The molecule has 0 spiro atoms. The average molecular weight is 533 g/mol. The summed E-state index contributed by atoms with van der Waals surface area (Å²) in [5, 5.41) is 14.8. The third-order valence-electron chi connectivity index (χ3n) is 6.72. The van der Waals surface area contributed by atoms with Crippen molar-refractivity contribution in [3.63, 3.8) is 0 Å². The lowest BCUT2D eigenvalue weighted by Crippen LogP contribution is -2.44. The Labute approximate surface area is 226 Å². The molecule has 2 aliphatic rings. The number of rotatable bonds is 6. The predicted molar refractivity (Wildman–Crippen MR) is 146 cm³/mol. The van der Waals surface area contributed by atoms with E-state index in [-0.39, 0.29) is 24.8 Å². The van der Waals surface area contributed by atoms with Crippen molar-refractivity contribution in [1.29, 1.82) is 0 Å². The molecule has 5 rings (SSSR count). The number of fused-ring (bicyclic) bond motifs is 1. The number of urea groups is 1. The zero-order valence-electron chi connectivity index (χ0n) is 22.0. The number of benzene rings is 2. The number of nitrogens with one attached hydrogen (secondary N) is 2. The zero-order chi connectivity index (χ0) is 27.4. The molecule has 0 unspecified atom stereocenters. The molecule has 0 aliphatic carbocycles. The average Bonchev–Trinajstić information content (AvgIpc) is 3.38. The Morgan fingerprint density at radius 2 is 1.74 bits per heavy atom. The maximum atomic E-state index is 12.5. The first-order chi connectivity index (χ1) is 18.9. The summed E-state index contributed by atoms with van der Waals surface area (Å²) in [7, 11) is 0. The second kappa shape index (κ2) is 11.7. The minimum Gasteiger partial charge on any atom is -0.450 e. The number of carbonyl (C=O) groups excluding carboxylic acids is 2. The van der Waals surface area contributed by atoms with E-state index < -0.39 is 0 Å². The molecule has 1 aromatic heterocycles. The number of morpholine rings is 1. The van der Waals surface area contributed by atoms with Crippen LogP contribution < -0.4 is 15.5 Å².